The number of carbonyl (C=O) groups excluding carboxylic acids is 1. The van der Waals surface area contributed by atoms with Gasteiger partial charge in [0.1, 0.15) is 0 Å². The van der Waals surface area contributed by atoms with Gasteiger partial charge in [-0.3, -0.25) is 14.6 Å². The number of aromatic amines is 2. The topological polar surface area (TPSA) is 98.1 Å². The third-order valence-electron chi connectivity index (χ3n) is 4.19. The molecule has 1 aromatic heterocycles. The van der Waals surface area contributed by atoms with Crippen LogP contribution in [0.25, 0.3) is 0 Å². The Morgan fingerprint density at radius 3 is 2.46 bits per heavy atom. The molecule has 1 fully saturated rings. The van der Waals surface area contributed by atoms with E-state index in [4.69, 9.17) is 0 Å². The molecule has 0 spiro atoms. The lowest BCUT2D eigenvalue weighted by Crippen LogP contribution is -2.31. The second-order valence-corrected chi connectivity index (χ2v) is 5.87. The Balaban J connectivity index is 1.62. The van der Waals surface area contributed by atoms with Crippen LogP contribution in [0.15, 0.2) is 40.1 Å². The number of benzene rings is 1. The quantitative estimate of drug-likeness (QED) is 0.779. The summed E-state index contributed by atoms with van der Waals surface area (Å²) in [6, 6.07) is 7.48. The summed E-state index contributed by atoms with van der Waals surface area (Å²) in [6.45, 7) is 2.17. The van der Waals surface area contributed by atoms with Crippen molar-refractivity contribution in [2.75, 3.05) is 18.0 Å². The van der Waals surface area contributed by atoms with E-state index in [1.807, 2.05) is 12.1 Å². The van der Waals surface area contributed by atoms with E-state index in [1.54, 1.807) is 12.1 Å². The maximum Gasteiger partial charge on any atom is 0.325 e. The second-order valence-electron chi connectivity index (χ2n) is 5.87. The van der Waals surface area contributed by atoms with Crippen molar-refractivity contribution < 1.29 is 4.79 Å². The summed E-state index contributed by atoms with van der Waals surface area (Å²) in [6.07, 6.45) is 4.99. The fraction of sp³-hybridized carbons (Fsp3) is 0.353. The maximum atomic E-state index is 12.2. The van der Waals surface area contributed by atoms with Crippen molar-refractivity contribution in [2.45, 2.75) is 25.8 Å². The molecule has 3 rings (SSSR count). The molecular weight excluding hydrogens is 308 g/mol. The van der Waals surface area contributed by atoms with E-state index in [2.05, 4.69) is 20.2 Å². The Kier molecular flexibility index (Phi) is 4.79. The van der Waals surface area contributed by atoms with Crippen molar-refractivity contribution in [1.82, 2.24) is 15.3 Å². The van der Waals surface area contributed by atoms with Gasteiger partial charge < -0.3 is 15.2 Å². The number of hydrogen-bond acceptors (Lipinski definition) is 4. The zero-order valence-corrected chi connectivity index (χ0v) is 13.3. The van der Waals surface area contributed by atoms with Crippen molar-refractivity contribution >= 4 is 11.6 Å². The number of hydrogen-bond donors (Lipinski definition) is 3. The molecule has 0 unspecified atom stereocenters. The molecule has 1 saturated heterocycles. The highest BCUT2D eigenvalue weighted by atomic mass is 16.2. The minimum Gasteiger partial charge on any atom is -0.372 e. The number of aromatic nitrogens is 2. The van der Waals surface area contributed by atoms with Gasteiger partial charge in [0.25, 0.3) is 11.5 Å². The number of amides is 1. The SMILES string of the molecule is O=C(NCc1c[nH]c(=O)[nH]c1=O)c1ccc(N2CCCCC2)cc1. The smallest absolute Gasteiger partial charge is 0.325 e. The Morgan fingerprint density at radius 1 is 1.08 bits per heavy atom. The third-order valence-corrected chi connectivity index (χ3v) is 4.19. The van der Waals surface area contributed by atoms with Crippen LogP contribution in [-0.2, 0) is 6.54 Å². The first-order chi connectivity index (χ1) is 11.6. The lowest BCUT2D eigenvalue weighted by Gasteiger charge is -2.28. The van der Waals surface area contributed by atoms with Gasteiger partial charge in [-0.1, -0.05) is 0 Å². The highest BCUT2D eigenvalue weighted by Gasteiger charge is 2.12. The van der Waals surface area contributed by atoms with Gasteiger partial charge in [0.15, 0.2) is 0 Å². The van der Waals surface area contributed by atoms with Gasteiger partial charge in [-0.05, 0) is 43.5 Å². The maximum absolute atomic E-state index is 12.2. The molecule has 0 bridgehead atoms. The molecule has 0 saturated carbocycles. The van der Waals surface area contributed by atoms with Crippen LogP contribution in [0.5, 0.6) is 0 Å². The molecule has 1 aliphatic heterocycles. The van der Waals surface area contributed by atoms with E-state index in [0.29, 0.717) is 11.1 Å². The Bertz CT molecular complexity index is 817. The van der Waals surface area contributed by atoms with Gasteiger partial charge in [-0.25, -0.2) is 4.79 Å². The number of anilines is 1. The van der Waals surface area contributed by atoms with Gasteiger partial charge in [0, 0.05) is 37.1 Å². The van der Waals surface area contributed by atoms with Crippen LogP contribution in [0.3, 0.4) is 0 Å². The van der Waals surface area contributed by atoms with E-state index in [0.717, 1.165) is 18.8 Å². The molecule has 24 heavy (non-hydrogen) atoms. The number of nitrogens with zero attached hydrogens (tertiary/aromatic N) is 1. The van der Waals surface area contributed by atoms with Crippen LogP contribution in [0.2, 0.25) is 0 Å². The normalized spacial score (nSPS) is 14.4. The average Bonchev–Trinajstić information content (AvgIpc) is 2.62. The monoisotopic (exact) mass is 328 g/mol. The fourth-order valence-corrected chi connectivity index (χ4v) is 2.82. The van der Waals surface area contributed by atoms with E-state index in [-0.39, 0.29) is 12.5 Å². The van der Waals surface area contributed by atoms with Gasteiger partial charge in [0.2, 0.25) is 0 Å². The standard InChI is InChI=1S/C17H20N4O3/c22-15(18-10-13-11-19-17(24)20-16(13)23)12-4-6-14(7-5-12)21-8-2-1-3-9-21/h4-7,11H,1-3,8-10H2,(H,18,22)(H2,19,20,23,24). The van der Waals surface area contributed by atoms with Crippen molar-refractivity contribution in [3.05, 3.63) is 62.4 Å². The molecule has 0 atom stereocenters. The zero-order valence-electron chi connectivity index (χ0n) is 13.3. The van der Waals surface area contributed by atoms with Gasteiger partial charge in [-0.2, -0.15) is 0 Å². The fourth-order valence-electron chi connectivity index (χ4n) is 2.82. The van der Waals surface area contributed by atoms with Gasteiger partial charge >= 0.3 is 5.69 Å². The van der Waals surface area contributed by atoms with E-state index >= 15 is 0 Å². The minimum absolute atomic E-state index is 0.0544. The molecule has 126 valence electrons. The van der Waals surface area contributed by atoms with Gasteiger partial charge in [-0.15, -0.1) is 0 Å². The molecule has 2 heterocycles. The molecule has 7 nitrogen and oxygen atoms in total. The predicted molar refractivity (Wildman–Crippen MR) is 91.4 cm³/mol. The molecule has 2 aromatic rings. The molecule has 3 N–H and O–H groups in total. The Morgan fingerprint density at radius 2 is 1.79 bits per heavy atom. The van der Waals surface area contributed by atoms with Crippen LogP contribution in [0.1, 0.15) is 35.2 Å². The summed E-state index contributed by atoms with van der Waals surface area (Å²) in [5, 5.41) is 2.68. The number of piperidine rings is 1. The molecule has 1 aliphatic rings. The van der Waals surface area contributed by atoms with Crippen molar-refractivity contribution in [2.24, 2.45) is 0 Å². The third kappa shape index (κ3) is 3.73. The zero-order chi connectivity index (χ0) is 16.9. The van der Waals surface area contributed by atoms with Crippen LogP contribution in [0, 0.1) is 0 Å². The highest BCUT2D eigenvalue weighted by Crippen LogP contribution is 2.20. The lowest BCUT2D eigenvalue weighted by atomic mass is 10.1. The van der Waals surface area contributed by atoms with Gasteiger partial charge in [0.05, 0.1) is 5.56 Å². The summed E-state index contributed by atoms with van der Waals surface area (Å²) in [5.41, 5.74) is 0.899. The van der Waals surface area contributed by atoms with Crippen LogP contribution in [-0.4, -0.2) is 29.0 Å². The van der Waals surface area contributed by atoms with Crippen molar-refractivity contribution in [3.63, 3.8) is 0 Å². The number of carbonyl (C=O) groups is 1. The predicted octanol–water partition coefficient (Wildman–Crippen LogP) is 0.983. The number of nitrogens with one attached hydrogen (secondary N) is 3. The molecule has 0 radical (unpaired) electrons. The summed E-state index contributed by atoms with van der Waals surface area (Å²) < 4.78 is 0. The van der Waals surface area contributed by atoms with Crippen LogP contribution >= 0.6 is 0 Å². The summed E-state index contributed by atoms with van der Waals surface area (Å²) in [4.78, 5) is 41.5. The second kappa shape index (κ2) is 7.16. The van der Waals surface area contributed by atoms with Crippen molar-refractivity contribution in [3.8, 4) is 0 Å². The Labute approximate surface area is 138 Å². The first kappa shape index (κ1) is 16.0. The largest absolute Gasteiger partial charge is 0.372 e. The number of rotatable bonds is 4. The van der Waals surface area contributed by atoms with Crippen LogP contribution < -0.4 is 21.5 Å². The Hall–Kier alpha value is -2.83. The number of H-pyrrole nitrogens is 2. The minimum atomic E-state index is -0.566. The van der Waals surface area contributed by atoms with E-state index in [1.165, 1.54) is 25.5 Å². The highest BCUT2D eigenvalue weighted by molar-refractivity contribution is 5.94. The first-order valence-electron chi connectivity index (χ1n) is 8.07. The summed E-state index contributed by atoms with van der Waals surface area (Å²) >= 11 is 0. The van der Waals surface area contributed by atoms with Crippen LogP contribution in [0.4, 0.5) is 5.69 Å². The lowest BCUT2D eigenvalue weighted by molar-refractivity contribution is 0.0951. The molecule has 1 aromatic carbocycles. The summed E-state index contributed by atoms with van der Waals surface area (Å²) in [7, 11) is 0. The van der Waals surface area contributed by atoms with E-state index in [9.17, 15) is 14.4 Å². The first-order valence-corrected chi connectivity index (χ1v) is 8.07. The average molecular weight is 328 g/mol. The van der Waals surface area contributed by atoms with E-state index < -0.39 is 11.2 Å². The molecule has 7 heteroatoms. The van der Waals surface area contributed by atoms with Crippen molar-refractivity contribution in [1.29, 1.82) is 0 Å². The molecule has 1 amide bonds. The molecule has 0 aliphatic carbocycles. The summed E-state index contributed by atoms with van der Waals surface area (Å²) in [5.74, 6) is -0.259. The molecular formula is C17H20N4O3.